The Morgan fingerprint density at radius 2 is 1.95 bits per heavy atom. The van der Waals surface area contributed by atoms with Gasteiger partial charge in [0, 0.05) is 6.54 Å². The van der Waals surface area contributed by atoms with Crippen LogP contribution >= 0.6 is 0 Å². The van der Waals surface area contributed by atoms with Gasteiger partial charge in [-0.1, -0.05) is 19.8 Å². The number of ether oxygens (including phenoxy) is 1. The SMILES string of the molecule is CCCNc1nc(NC2CCCCC2O)nc(OC)n1. The van der Waals surface area contributed by atoms with Gasteiger partial charge in [0.05, 0.1) is 19.3 Å². The molecule has 20 heavy (non-hydrogen) atoms. The van der Waals surface area contributed by atoms with Crippen molar-refractivity contribution in [2.45, 2.75) is 51.2 Å². The standard InChI is InChI=1S/C13H23N5O2/c1-3-8-14-11-16-12(18-13(17-11)20-2)15-9-6-4-5-7-10(9)19/h9-10,19H,3-8H2,1-2H3,(H2,14,15,16,17,18). The maximum absolute atomic E-state index is 9.99. The number of aliphatic hydroxyl groups excluding tert-OH is 1. The van der Waals surface area contributed by atoms with Crippen LogP contribution in [-0.4, -0.2) is 45.9 Å². The number of nitrogens with one attached hydrogen (secondary N) is 2. The van der Waals surface area contributed by atoms with Gasteiger partial charge < -0.3 is 20.5 Å². The van der Waals surface area contributed by atoms with Crippen LogP contribution in [0.1, 0.15) is 39.0 Å². The summed E-state index contributed by atoms with van der Waals surface area (Å²) in [6.45, 7) is 2.86. The molecule has 1 saturated carbocycles. The number of hydrogen-bond donors (Lipinski definition) is 3. The van der Waals surface area contributed by atoms with Crippen LogP contribution in [0.5, 0.6) is 6.01 Å². The minimum Gasteiger partial charge on any atom is -0.467 e. The smallest absolute Gasteiger partial charge is 0.322 e. The molecular formula is C13H23N5O2. The Morgan fingerprint density at radius 1 is 1.20 bits per heavy atom. The van der Waals surface area contributed by atoms with Crippen molar-refractivity contribution >= 4 is 11.9 Å². The summed E-state index contributed by atoms with van der Waals surface area (Å²) in [5.74, 6) is 0.938. The molecule has 1 fully saturated rings. The van der Waals surface area contributed by atoms with E-state index in [-0.39, 0.29) is 18.2 Å². The Labute approximate surface area is 119 Å². The van der Waals surface area contributed by atoms with E-state index in [0.29, 0.717) is 11.9 Å². The third-order valence-electron chi connectivity index (χ3n) is 3.37. The lowest BCUT2D eigenvalue weighted by atomic mass is 9.93. The van der Waals surface area contributed by atoms with Crippen LogP contribution in [0.15, 0.2) is 0 Å². The number of rotatable bonds is 6. The first-order chi connectivity index (χ1) is 9.72. The molecule has 0 saturated heterocycles. The first kappa shape index (κ1) is 14.8. The van der Waals surface area contributed by atoms with Gasteiger partial charge in [0.15, 0.2) is 0 Å². The van der Waals surface area contributed by atoms with E-state index >= 15 is 0 Å². The zero-order chi connectivity index (χ0) is 14.4. The number of methoxy groups -OCH3 is 1. The predicted molar refractivity (Wildman–Crippen MR) is 77.0 cm³/mol. The Morgan fingerprint density at radius 3 is 2.65 bits per heavy atom. The zero-order valence-corrected chi connectivity index (χ0v) is 12.1. The normalized spacial score (nSPS) is 22.4. The highest BCUT2D eigenvalue weighted by molar-refractivity contribution is 5.36. The van der Waals surface area contributed by atoms with Crippen molar-refractivity contribution in [2.24, 2.45) is 0 Å². The highest BCUT2D eigenvalue weighted by atomic mass is 16.5. The number of anilines is 2. The molecular weight excluding hydrogens is 258 g/mol. The van der Waals surface area contributed by atoms with Crippen molar-refractivity contribution < 1.29 is 9.84 Å². The Kier molecular flexibility index (Phi) is 5.34. The van der Waals surface area contributed by atoms with E-state index in [2.05, 4.69) is 32.5 Å². The van der Waals surface area contributed by atoms with E-state index in [0.717, 1.165) is 38.6 Å². The number of aliphatic hydroxyl groups is 1. The summed E-state index contributed by atoms with van der Waals surface area (Å²) in [6.07, 6.45) is 4.56. The molecule has 0 amide bonds. The van der Waals surface area contributed by atoms with Crippen molar-refractivity contribution in [3.8, 4) is 6.01 Å². The molecule has 0 radical (unpaired) electrons. The minimum absolute atomic E-state index is 0.00474. The zero-order valence-electron chi connectivity index (χ0n) is 12.1. The molecule has 3 N–H and O–H groups in total. The maximum Gasteiger partial charge on any atom is 0.322 e. The average molecular weight is 281 g/mol. The van der Waals surface area contributed by atoms with Gasteiger partial charge in [-0.05, 0) is 19.3 Å². The van der Waals surface area contributed by atoms with Crippen LogP contribution in [0.3, 0.4) is 0 Å². The first-order valence-electron chi connectivity index (χ1n) is 7.21. The lowest BCUT2D eigenvalue weighted by molar-refractivity contribution is 0.116. The lowest BCUT2D eigenvalue weighted by Crippen LogP contribution is -2.37. The second kappa shape index (κ2) is 7.23. The average Bonchev–Trinajstić information content (AvgIpc) is 2.47. The van der Waals surface area contributed by atoms with E-state index in [1.165, 1.54) is 7.11 Å². The summed E-state index contributed by atoms with van der Waals surface area (Å²) in [4.78, 5) is 12.6. The number of hydrogen-bond acceptors (Lipinski definition) is 7. The molecule has 1 heterocycles. The predicted octanol–water partition coefficient (Wildman–Crippen LogP) is 1.42. The van der Waals surface area contributed by atoms with Gasteiger partial charge in [-0.25, -0.2) is 0 Å². The van der Waals surface area contributed by atoms with E-state index in [1.807, 2.05) is 0 Å². The summed E-state index contributed by atoms with van der Waals surface area (Å²) < 4.78 is 5.09. The molecule has 2 rings (SSSR count). The Balaban J connectivity index is 2.08. The van der Waals surface area contributed by atoms with Gasteiger partial charge in [-0.2, -0.15) is 15.0 Å². The van der Waals surface area contributed by atoms with Gasteiger partial charge in [0.1, 0.15) is 0 Å². The molecule has 1 aliphatic rings. The third kappa shape index (κ3) is 3.93. The second-order valence-corrected chi connectivity index (χ2v) is 5.00. The number of nitrogens with zero attached hydrogens (tertiary/aromatic N) is 3. The Hall–Kier alpha value is -1.63. The van der Waals surface area contributed by atoms with Crippen LogP contribution in [0.4, 0.5) is 11.9 Å². The highest BCUT2D eigenvalue weighted by Gasteiger charge is 2.24. The van der Waals surface area contributed by atoms with Gasteiger partial charge in [-0.3, -0.25) is 0 Å². The number of aromatic nitrogens is 3. The molecule has 1 aromatic heterocycles. The quantitative estimate of drug-likeness (QED) is 0.726. The maximum atomic E-state index is 9.99. The van der Waals surface area contributed by atoms with E-state index < -0.39 is 0 Å². The summed E-state index contributed by atoms with van der Waals surface area (Å²) in [6, 6.07) is 0.265. The molecule has 7 heteroatoms. The van der Waals surface area contributed by atoms with E-state index in [9.17, 15) is 5.11 Å². The van der Waals surface area contributed by atoms with Gasteiger partial charge in [0.25, 0.3) is 0 Å². The molecule has 1 aliphatic carbocycles. The van der Waals surface area contributed by atoms with Crippen LogP contribution in [0.2, 0.25) is 0 Å². The van der Waals surface area contributed by atoms with Crippen molar-refractivity contribution in [1.82, 2.24) is 15.0 Å². The topological polar surface area (TPSA) is 92.2 Å². The summed E-state index contributed by atoms with van der Waals surface area (Å²) in [5.41, 5.74) is 0. The van der Waals surface area contributed by atoms with E-state index in [4.69, 9.17) is 4.74 Å². The molecule has 7 nitrogen and oxygen atoms in total. The molecule has 0 aromatic carbocycles. The summed E-state index contributed by atoms with van der Waals surface area (Å²) in [5, 5.41) is 16.3. The van der Waals surface area contributed by atoms with Crippen molar-refractivity contribution in [1.29, 1.82) is 0 Å². The summed E-state index contributed by atoms with van der Waals surface area (Å²) >= 11 is 0. The van der Waals surface area contributed by atoms with Crippen LogP contribution in [0.25, 0.3) is 0 Å². The highest BCUT2D eigenvalue weighted by Crippen LogP contribution is 2.22. The first-order valence-corrected chi connectivity index (χ1v) is 7.21. The fraction of sp³-hybridized carbons (Fsp3) is 0.769. The van der Waals surface area contributed by atoms with Crippen molar-refractivity contribution in [3.05, 3.63) is 0 Å². The molecule has 1 aromatic rings. The molecule has 2 unspecified atom stereocenters. The monoisotopic (exact) mass is 281 g/mol. The molecule has 0 aliphatic heterocycles. The molecule has 0 bridgehead atoms. The molecule has 0 spiro atoms. The van der Waals surface area contributed by atoms with Crippen molar-refractivity contribution in [3.63, 3.8) is 0 Å². The fourth-order valence-corrected chi connectivity index (χ4v) is 2.27. The summed E-state index contributed by atoms with van der Waals surface area (Å²) in [7, 11) is 1.53. The largest absolute Gasteiger partial charge is 0.467 e. The van der Waals surface area contributed by atoms with Gasteiger partial charge in [0.2, 0.25) is 11.9 Å². The van der Waals surface area contributed by atoms with Crippen LogP contribution in [0, 0.1) is 0 Å². The molecule has 2 atom stereocenters. The molecule has 112 valence electrons. The minimum atomic E-state index is -0.349. The van der Waals surface area contributed by atoms with Crippen LogP contribution < -0.4 is 15.4 Å². The van der Waals surface area contributed by atoms with Crippen molar-refractivity contribution in [2.75, 3.05) is 24.3 Å². The second-order valence-electron chi connectivity index (χ2n) is 5.00. The third-order valence-corrected chi connectivity index (χ3v) is 3.37. The van der Waals surface area contributed by atoms with Crippen LogP contribution in [-0.2, 0) is 0 Å². The fourth-order valence-electron chi connectivity index (χ4n) is 2.27. The van der Waals surface area contributed by atoms with Gasteiger partial charge >= 0.3 is 6.01 Å². The van der Waals surface area contributed by atoms with Gasteiger partial charge in [-0.15, -0.1) is 0 Å². The lowest BCUT2D eigenvalue weighted by Gasteiger charge is -2.28. The Bertz CT molecular complexity index is 429. The van der Waals surface area contributed by atoms with E-state index in [1.54, 1.807) is 0 Å².